The number of aromatic nitrogens is 2. The molecule has 0 saturated carbocycles. The summed E-state index contributed by atoms with van der Waals surface area (Å²) >= 11 is 0. The van der Waals surface area contributed by atoms with Crippen molar-refractivity contribution in [3.05, 3.63) is 17.5 Å². The van der Waals surface area contributed by atoms with E-state index in [9.17, 15) is 0 Å². The molecular formula is C12H23N3. The van der Waals surface area contributed by atoms with Crippen molar-refractivity contribution in [3.63, 3.8) is 0 Å². The highest BCUT2D eigenvalue weighted by atomic mass is 15.3. The molecule has 86 valence electrons. The molecule has 0 aliphatic carbocycles. The highest BCUT2D eigenvalue weighted by molar-refractivity contribution is 5.09. The van der Waals surface area contributed by atoms with Crippen molar-refractivity contribution in [2.45, 2.75) is 40.7 Å². The Kier molecular flexibility index (Phi) is 4.33. The number of nitrogens with two attached hydrogens (primary N) is 1. The molecule has 2 N–H and O–H groups in total. The van der Waals surface area contributed by atoms with E-state index in [1.165, 1.54) is 5.69 Å². The lowest BCUT2D eigenvalue weighted by atomic mass is 9.91. The van der Waals surface area contributed by atoms with Gasteiger partial charge in [-0.05, 0) is 44.7 Å². The Morgan fingerprint density at radius 2 is 2.07 bits per heavy atom. The summed E-state index contributed by atoms with van der Waals surface area (Å²) in [6, 6.07) is 2.18. The van der Waals surface area contributed by atoms with Crippen LogP contribution in [0, 0.1) is 18.8 Å². The maximum Gasteiger partial charge on any atom is 0.0596 e. The molecule has 1 aromatic heterocycles. The summed E-state index contributed by atoms with van der Waals surface area (Å²) in [7, 11) is 0. The predicted molar refractivity (Wildman–Crippen MR) is 63.7 cm³/mol. The van der Waals surface area contributed by atoms with Crippen molar-refractivity contribution < 1.29 is 0 Å². The average Bonchev–Trinajstić information content (AvgIpc) is 2.57. The Labute approximate surface area is 92.7 Å². The van der Waals surface area contributed by atoms with E-state index in [2.05, 4.69) is 36.6 Å². The molecule has 0 aliphatic rings. The first-order valence-corrected chi connectivity index (χ1v) is 5.81. The minimum Gasteiger partial charge on any atom is -0.330 e. The topological polar surface area (TPSA) is 43.8 Å². The second-order valence-corrected chi connectivity index (χ2v) is 4.49. The Bertz CT molecular complexity index is 304. The molecule has 0 bridgehead atoms. The van der Waals surface area contributed by atoms with Gasteiger partial charge < -0.3 is 5.73 Å². The van der Waals surface area contributed by atoms with Gasteiger partial charge in [0.2, 0.25) is 0 Å². The van der Waals surface area contributed by atoms with Gasteiger partial charge >= 0.3 is 0 Å². The van der Waals surface area contributed by atoms with Crippen LogP contribution in [-0.4, -0.2) is 16.3 Å². The van der Waals surface area contributed by atoms with Crippen molar-refractivity contribution in [2.24, 2.45) is 17.6 Å². The minimum atomic E-state index is 0.575. The maximum absolute atomic E-state index is 5.68. The van der Waals surface area contributed by atoms with Crippen molar-refractivity contribution in [3.8, 4) is 0 Å². The third kappa shape index (κ3) is 3.06. The second-order valence-electron chi connectivity index (χ2n) is 4.49. The zero-order chi connectivity index (χ0) is 11.4. The zero-order valence-electron chi connectivity index (χ0n) is 10.3. The van der Waals surface area contributed by atoms with Crippen LogP contribution in [0.1, 0.15) is 32.2 Å². The summed E-state index contributed by atoms with van der Waals surface area (Å²) in [6.45, 7) is 10.4. The molecule has 0 saturated heterocycles. The number of rotatable bonds is 5. The van der Waals surface area contributed by atoms with E-state index < -0.39 is 0 Å². The standard InChI is InChI=1S/C12H23N3/c1-5-15-12(7-11(4)14-15)6-9(2)10(3)8-13/h7,9-10H,5-6,8,13H2,1-4H3. The molecule has 1 rings (SSSR count). The lowest BCUT2D eigenvalue weighted by Gasteiger charge is -2.18. The van der Waals surface area contributed by atoms with Gasteiger partial charge in [-0.1, -0.05) is 13.8 Å². The summed E-state index contributed by atoms with van der Waals surface area (Å²) < 4.78 is 2.09. The lowest BCUT2D eigenvalue weighted by molar-refractivity contribution is 0.383. The summed E-state index contributed by atoms with van der Waals surface area (Å²) in [4.78, 5) is 0. The van der Waals surface area contributed by atoms with E-state index in [0.717, 1.165) is 25.2 Å². The SMILES string of the molecule is CCn1nc(C)cc1CC(C)C(C)CN. The predicted octanol–water partition coefficient (Wildman–Crippen LogP) is 1.98. The molecular weight excluding hydrogens is 186 g/mol. The number of nitrogens with zero attached hydrogens (tertiary/aromatic N) is 2. The van der Waals surface area contributed by atoms with Gasteiger partial charge in [-0.15, -0.1) is 0 Å². The first kappa shape index (κ1) is 12.2. The molecule has 0 radical (unpaired) electrons. The summed E-state index contributed by atoms with van der Waals surface area (Å²) in [6.07, 6.45) is 1.08. The molecule has 0 amide bonds. The van der Waals surface area contributed by atoms with E-state index in [4.69, 9.17) is 5.73 Å². The van der Waals surface area contributed by atoms with Gasteiger partial charge in [0.05, 0.1) is 5.69 Å². The van der Waals surface area contributed by atoms with Gasteiger partial charge in [-0.2, -0.15) is 5.10 Å². The molecule has 0 fully saturated rings. The lowest BCUT2D eigenvalue weighted by Crippen LogP contribution is -2.21. The molecule has 2 atom stereocenters. The fourth-order valence-corrected chi connectivity index (χ4v) is 1.80. The molecule has 0 aliphatic heterocycles. The van der Waals surface area contributed by atoms with Gasteiger partial charge in [-0.3, -0.25) is 4.68 Å². The normalized spacial score (nSPS) is 15.3. The van der Waals surface area contributed by atoms with E-state index in [1.54, 1.807) is 0 Å². The van der Waals surface area contributed by atoms with Gasteiger partial charge in [-0.25, -0.2) is 0 Å². The summed E-state index contributed by atoms with van der Waals surface area (Å²) in [5.74, 6) is 1.20. The van der Waals surface area contributed by atoms with Gasteiger partial charge in [0.25, 0.3) is 0 Å². The number of hydrogen-bond acceptors (Lipinski definition) is 2. The monoisotopic (exact) mass is 209 g/mol. The van der Waals surface area contributed by atoms with Crippen molar-refractivity contribution >= 4 is 0 Å². The quantitative estimate of drug-likeness (QED) is 0.806. The van der Waals surface area contributed by atoms with Crippen LogP contribution < -0.4 is 5.73 Å². The van der Waals surface area contributed by atoms with Crippen molar-refractivity contribution in [1.82, 2.24) is 9.78 Å². The Morgan fingerprint density at radius 3 is 2.60 bits per heavy atom. The fraction of sp³-hybridized carbons (Fsp3) is 0.750. The molecule has 1 aromatic rings. The van der Waals surface area contributed by atoms with E-state index in [-0.39, 0.29) is 0 Å². The van der Waals surface area contributed by atoms with Crippen LogP contribution in [0.2, 0.25) is 0 Å². The Morgan fingerprint density at radius 1 is 1.40 bits per heavy atom. The van der Waals surface area contributed by atoms with Crippen molar-refractivity contribution in [2.75, 3.05) is 6.54 Å². The third-order valence-corrected chi connectivity index (χ3v) is 3.16. The summed E-state index contributed by atoms with van der Waals surface area (Å²) in [5, 5.41) is 4.45. The zero-order valence-corrected chi connectivity index (χ0v) is 10.3. The summed E-state index contributed by atoms with van der Waals surface area (Å²) in [5.41, 5.74) is 8.13. The van der Waals surface area contributed by atoms with Gasteiger partial charge in [0.15, 0.2) is 0 Å². The highest BCUT2D eigenvalue weighted by Crippen LogP contribution is 2.17. The largest absolute Gasteiger partial charge is 0.330 e. The van der Waals surface area contributed by atoms with Crippen LogP contribution in [0.3, 0.4) is 0 Å². The first-order valence-electron chi connectivity index (χ1n) is 5.81. The van der Waals surface area contributed by atoms with Crippen LogP contribution in [0.25, 0.3) is 0 Å². The van der Waals surface area contributed by atoms with Gasteiger partial charge in [0.1, 0.15) is 0 Å². The van der Waals surface area contributed by atoms with E-state index >= 15 is 0 Å². The van der Waals surface area contributed by atoms with Crippen LogP contribution in [0.4, 0.5) is 0 Å². The highest BCUT2D eigenvalue weighted by Gasteiger charge is 2.14. The molecule has 15 heavy (non-hydrogen) atoms. The average molecular weight is 209 g/mol. The fourth-order valence-electron chi connectivity index (χ4n) is 1.80. The van der Waals surface area contributed by atoms with Crippen LogP contribution in [0.15, 0.2) is 6.07 Å². The first-order chi connectivity index (χ1) is 7.08. The number of hydrogen-bond donors (Lipinski definition) is 1. The Hall–Kier alpha value is -0.830. The molecule has 3 heteroatoms. The third-order valence-electron chi connectivity index (χ3n) is 3.16. The van der Waals surface area contributed by atoms with Crippen LogP contribution in [-0.2, 0) is 13.0 Å². The molecule has 3 nitrogen and oxygen atoms in total. The van der Waals surface area contributed by atoms with Gasteiger partial charge in [0, 0.05) is 12.2 Å². The van der Waals surface area contributed by atoms with Crippen LogP contribution in [0.5, 0.6) is 0 Å². The minimum absolute atomic E-state index is 0.575. The van der Waals surface area contributed by atoms with E-state index in [1.807, 2.05) is 6.92 Å². The molecule has 1 heterocycles. The van der Waals surface area contributed by atoms with Crippen molar-refractivity contribution in [1.29, 1.82) is 0 Å². The molecule has 0 aromatic carbocycles. The second kappa shape index (κ2) is 5.31. The van der Waals surface area contributed by atoms with Crippen LogP contribution >= 0.6 is 0 Å². The Balaban J connectivity index is 2.70. The van der Waals surface area contributed by atoms with E-state index in [0.29, 0.717) is 11.8 Å². The maximum atomic E-state index is 5.68. The smallest absolute Gasteiger partial charge is 0.0596 e. The molecule has 2 unspecified atom stereocenters. The molecule has 0 spiro atoms. The number of aryl methyl sites for hydroxylation is 2.